The van der Waals surface area contributed by atoms with Gasteiger partial charge in [-0.25, -0.2) is 4.79 Å². The van der Waals surface area contributed by atoms with Gasteiger partial charge >= 0.3 is 6.09 Å². The predicted molar refractivity (Wildman–Crippen MR) is 70.3 cm³/mol. The molecule has 0 aromatic heterocycles. The fraction of sp³-hybridized carbons (Fsp3) is 0.923. The van der Waals surface area contributed by atoms with Gasteiger partial charge in [-0.15, -0.1) is 0 Å². The molecule has 1 amide bonds. The second-order valence-corrected chi connectivity index (χ2v) is 5.28. The molecule has 0 atom stereocenters. The normalized spacial score (nSPS) is 11.4. The van der Waals surface area contributed by atoms with Gasteiger partial charge in [-0.3, -0.25) is 0 Å². The molecule has 2 N–H and O–H groups in total. The van der Waals surface area contributed by atoms with Crippen molar-refractivity contribution in [2.24, 2.45) is 11.8 Å². The van der Waals surface area contributed by atoms with Gasteiger partial charge in [0.1, 0.15) is 6.61 Å². The van der Waals surface area contributed by atoms with Crippen molar-refractivity contribution in [3.05, 3.63) is 0 Å². The number of aliphatic hydroxyl groups is 2. The van der Waals surface area contributed by atoms with Gasteiger partial charge in [0.2, 0.25) is 0 Å². The van der Waals surface area contributed by atoms with Crippen LogP contribution in [0, 0.1) is 11.8 Å². The summed E-state index contributed by atoms with van der Waals surface area (Å²) in [6.07, 6.45) is 0.550. The lowest BCUT2D eigenvalue weighted by molar-refractivity contribution is 0.0478. The summed E-state index contributed by atoms with van der Waals surface area (Å²) >= 11 is 0. The van der Waals surface area contributed by atoms with Crippen molar-refractivity contribution < 1.29 is 19.7 Å². The third kappa shape index (κ3) is 6.81. The summed E-state index contributed by atoms with van der Waals surface area (Å²) in [6.45, 7) is 8.45. The Morgan fingerprint density at radius 1 is 1.17 bits per heavy atom. The van der Waals surface area contributed by atoms with E-state index < -0.39 is 5.92 Å². The molecule has 5 heteroatoms. The van der Waals surface area contributed by atoms with Crippen LogP contribution in [-0.2, 0) is 4.74 Å². The van der Waals surface area contributed by atoms with Gasteiger partial charge in [0, 0.05) is 18.5 Å². The molecule has 5 nitrogen and oxygen atoms in total. The number of hydrogen-bond donors (Lipinski definition) is 2. The van der Waals surface area contributed by atoms with Crippen LogP contribution in [0.25, 0.3) is 0 Å². The zero-order chi connectivity index (χ0) is 14.1. The molecule has 0 radical (unpaired) electrons. The Kier molecular flexibility index (Phi) is 8.75. The number of amides is 1. The van der Waals surface area contributed by atoms with Gasteiger partial charge < -0.3 is 19.8 Å². The van der Waals surface area contributed by atoms with E-state index in [1.807, 2.05) is 13.8 Å². The topological polar surface area (TPSA) is 70.0 Å². The van der Waals surface area contributed by atoms with E-state index in [1.165, 1.54) is 0 Å². The highest BCUT2D eigenvalue weighted by Gasteiger charge is 2.19. The number of hydrogen-bond acceptors (Lipinski definition) is 4. The highest BCUT2D eigenvalue weighted by molar-refractivity contribution is 5.67. The van der Waals surface area contributed by atoms with Crippen molar-refractivity contribution in [2.45, 2.75) is 40.2 Å². The van der Waals surface area contributed by atoms with Crippen molar-refractivity contribution in [1.29, 1.82) is 0 Å². The molecule has 0 spiro atoms. The van der Waals surface area contributed by atoms with Gasteiger partial charge in [0.05, 0.1) is 13.2 Å². The molecule has 0 fully saturated rings. The fourth-order valence-electron chi connectivity index (χ4n) is 1.39. The Hall–Kier alpha value is -0.810. The first kappa shape index (κ1) is 17.2. The summed E-state index contributed by atoms with van der Waals surface area (Å²) in [4.78, 5) is 13.5. The van der Waals surface area contributed by atoms with Crippen molar-refractivity contribution in [3.63, 3.8) is 0 Å². The molecular weight excluding hydrogens is 234 g/mol. The molecule has 0 aliphatic heterocycles. The fourth-order valence-corrected chi connectivity index (χ4v) is 1.39. The maximum absolute atomic E-state index is 11.9. The zero-order valence-corrected chi connectivity index (χ0v) is 11.9. The second kappa shape index (κ2) is 9.16. The molecule has 0 unspecified atom stereocenters. The largest absolute Gasteiger partial charge is 0.449 e. The number of carbonyl (C=O) groups excluding carboxylic acids is 1. The first-order valence-electron chi connectivity index (χ1n) is 6.57. The Morgan fingerprint density at radius 2 is 1.72 bits per heavy atom. The molecule has 0 bridgehead atoms. The maximum atomic E-state index is 11.9. The summed E-state index contributed by atoms with van der Waals surface area (Å²) in [5.74, 6) is 0.134. The Balaban J connectivity index is 4.22. The van der Waals surface area contributed by atoms with Crippen LogP contribution in [-0.4, -0.2) is 53.6 Å². The van der Waals surface area contributed by atoms with Crippen LogP contribution in [0.3, 0.4) is 0 Å². The zero-order valence-electron chi connectivity index (χ0n) is 11.9. The Bertz CT molecular complexity index is 227. The molecule has 0 rings (SSSR count). The quantitative estimate of drug-likeness (QED) is 0.694. The number of ether oxygens (including phenoxy) is 1. The molecule has 0 aromatic carbocycles. The van der Waals surface area contributed by atoms with Crippen molar-refractivity contribution in [3.8, 4) is 0 Å². The minimum absolute atomic E-state index is 0.0523. The Morgan fingerprint density at radius 3 is 2.11 bits per heavy atom. The van der Waals surface area contributed by atoms with Crippen LogP contribution in [0.1, 0.15) is 34.1 Å². The van der Waals surface area contributed by atoms with E-state index in [2.05, 4.69) is 13.8 Å². The molecule has 108 valence electrons. The minimum atomic E-state index is -0.395. The van der Waals surface area contributed by atoms with Crippen LogP contribution >= 0.6 is 0 Å². The SMILES string of the molecule is CC(C)CCN(C(=O)OCC(CO)CO)C(C)C. The van der Waals surface area contributed by atoms with Crippen LogP contribution in [0.5, 0.6) is 0 Å². The third-order valence-corrected chi connectivity index (χ3v) is 2.76. The first-order valence-corrected chi connectivity index (χ1v) is 6.57. The molecule has 0 heterocycles. The molecule has 0 saturated heterocycles. The van der Waals surface area contributed by atoms with Crippen molar-refractivity contribution >= 4 is 6.09 Å². The molecular formula is C13H27NO4. The third-order valence-electron chi connectivity index (χ3n) is 2.76. The predicted octanol–water partition coefficient (Wildman–Crippen LogP) is 1.48. The van der Waals surface area contributed by atoms with E-state index >= 15 is 0 Å². The standard InChI is InChI=1S/C13H27NO4/c1-10(2)5-6-14(11(3)4)13(17)18-9-12(7-15)8-16/h10-12,15-16H,5-9H2,1-4H3. The highest BCUT2D eigenvalue weighted by atomic mass is 16.6. The van der Waals surface area contributed by atoms with E-state index in [9.17, 15) is 4.79 Å². The number of rotatable bonds is 8. The van der Waals surface area contributed by atoms with Crippen molar-refractivity contribution in [1.82, 2.24) is 4.90 Å². The van der Waals surface area contributed by atoms with E-state index in [4.69, 9.17) is 14.9 Å². The summed E-state index contributed by atoms with van der Waals surface area (Å²) in [5, 5.41) is 17.8. The van der Waals surface area contributed by atoms with E-state index in [0.29, 0.717) is 12.5 Å². The highest BCUT2D eigenvalue weighted by Crippen LogP contribution is 2.08. The summed E-state index contributed by atoms with van der Waals surface area (Å²) < 4.78 is 5.11. The van der Waals surface area contributed by atoms with E-state index in [1.54, 1.807) is 4.90 Å². The Labute approximate surface area is 110 Å². The average molecular weight is 261 g/mol. The van der Waals surface area contributed by atoms with Crippen LogP contribution < -0.4 is 0 Å². The van der Waals surface area contributed by atoms with E-state index in [0.717, 1.165) is 6.42 Å². The number of nitrogens with zero attached hydrogens (tertiary/aromatic N) is 1. The average Bonchev–Trinajstić information content (AvgIpc) is 2.29. The molecule has 0 saturated carbocycles. The smallest absolute Gasteiger partial charge is 0.409 e. The summed E-state index contributed by atoms with van der Waals surface area (Å²) in [5.41, 5.74) is 0. The molecule has 0 aliphatic carbocycles. The maximum Gasteiger partial charge on any atom is 0.409 e. The van der Waals surface area contributed by atoms with E-state index in [-0.39, 0.29) is 32.0 Å². The lowest BCUT2D eigenvalue weighted by Crippen LogP contribution is -2.39. The van der Waals surface area contributed by atoms with Gasteiger partial charge in [0.15, 0.2) is 0 Å². The van der Waals surface area contributed by atoms with Gasteiger partial charge in [-0.1, -0.05) is 13.8 Å². The van der Waals surface area contributed by atoms with Gasteiger partial charge in [0.25, 0.3) is 0 Å². The molecule has 0 aromatic rings. The lowest BCUT2D eigenvalue weighted by atomic mass is 10.1. The van der Waals surface area contributed by atoms with Gasteiger partial charge in [-0.2, -0.15) is 0 Å². The summed E-state index contributed by atoms with van der Waals surface area (Å²) in [6, 6.07) is 0.0814. The number of carbonyl (C=O) groups is 1. The summed E-state index contributed by atoms with van der Waals surface area (Å²) in [7, 11) is 0. The van der Waals surface area contributed by atoms with Crippen LogP contribution in [0.2, 0.25) is 0 Å². The van der Waals surface area contributed by atoms with Crippen LogP contribution in [0.15, 0.2) is 0 Å². The first-order chi connectivity index (χ1) is 8.42. The number of aliphatic hydroxyl groups excluding tert-OH is 2. The monoisotopic (exact) mass is 261 g/mol. The lowest BCUT2D eigenvalue weighted by Gasteiger charge is -2.27. The van der Waals surface area contributed by atoms with Crippen LogP contribution in [0.4, 0.5) is 4.79 Å². The van der Waals surface area contributed by atoms with Crippen molar-refractivity contribution in [2.75, 3.05) is 26.4 Å². The minimum Gasteiger partial charge on any atom is -0.449 e. The molecule has 0 aliphatic rings. The molecule has 18 heavy (non-hydrogen) atoms. The second-order valence-electron chi connectivity index (χ2n) is 5.28. The van der Waals surface area contributed by atoms with Gasteiger partial charge in [-0.05, 0) is 26.2 Å².